The predicted octanol–water partition coefficient (Wildman–Crippen LogP) is 3.35. The highest BCUT2D eigenvalue weighted by molar-refractivity contribution is 6.34. The van der Waals surface area contributed by atoms with E-state index in [4.69, 9.17) is 11.6 Å². The van der Waals surface area contributed by atoms with Gasteiger partial charge in [-0.25, -0.2) is 9.97 Å². The van der Waals surface area contributed by atoms with Crippen molar-refractivity contribution in [2.24, 2.45) is 0 Å². The van der Waals surface area contributed by atoms with Crippen LogP contribution in [0.25, 0.3) is 22.3 Å². The molecule has 3 rings (SSSR count). The van der Waals surface area contributed by atoms with Crippen LogP contribution in [-0.4, -0.2) is 15.0 Å². The maximum absolute atomic E-state index is 6.12. The second kappa shape index (κ2) is 4.11. The summed E-state index contributed by atoms with van der Waals surface area (Å²) in [5.74, 6) is 0.634. The Morgan fingerprint density at radius 3 is 2.59 bits per heavy atom. The average Bonchev–Trinajstić information content (AvgIpc) is 2.40. The molecule has 2 aromatic heterocycles. The lowest BCUT2D eigenvalue weighted by atomic mass is 10.2. The minimum absolute atomic E-state index is 0.432. The maximum atomic E-state index is 6.12. The lowest BCUT2D eigenvalue weighted by molar-refractivity contribution is 1.21. The van der Waals surface area contributed by atoms with E-state index in [1.54, 1.807) is 12.4 Å². The Labute approximate surface area is 103 Å². The highest BCUT2D eigenvalue weighted by Gasteiger charge is 2.06. The lowest BCUT2D eigenvalue weighted by Gasteiger charge is -2.03. The number of pyridine rings is 1. The van der Waals surface area contributed by atoms with Crippen LogP contribution < -0.4 is 0 Å². The minimum atomic E-state index is 0.432. The highest BCUT2D eigenvalue weighted by atomic mass is 35.5. The van der Waals surface area contributed by atoms with Crippen molar-refractivity contribution in [3.63, 3.8) is 0 Å². The number of hydrogen-bond acceptors (Lipinski definition) is 3. The molecule has 3 aromatic rings. The third-order valence-electron chi connectivity index (χ3n) is 2.48. The van der Waals surface area contributed by atoms with Crippen LogP contribution in [0.4, 0.5) is 0 Å². The minimum Gasteiger partial charge on any atom is -0.264 e. The molecule has 0 aliphatic rings. The Bertz CT molecular complexity index is 668. The van der Waals surface area contributed by atoms with Crippen molar-refractivity contribution in [3.8, 4) is 11.4 Å². The summed E-state index contributed by atoms with van der Waals surface area (Å²) in [6.45, 7) is 0. The molecule has 0 aliphatic carbocycles. The standard InChI is InChI=1S/C13H8ClN3/c14-12-10-8-15-7-6-11(10)16-13(17-12)9-4-2-1-3-5-9/h1-8H. The number of nitrogens with zero attached hydrogens (tertiary/aromatic N) is 3. The van der Waals surface area contributed by atoms with Crippen LogP contribution in [0, 0.1) is 0 Å². The second-order valence-electron chi connectivity index (χ2n) is 3.60. The molecule has 0 saturated heterocycles. The Morgan fingerprint density at radius 2 is 1.76 bits per heavy atom. The van der Waals surface area contributed by atoms with E-state index in [1.165, 1.54) is 0 Å². The molecule has 2 heterocycles. The molecule has 0 N–H and O–H groups in total. The van der Waals surface area contributed by atoms with Crippen molar-refractivity contribution in [1.82, 2.24) is 15.0 Å². The monoisotopic (exact) mass is 241 g/mol. The molecule has 0 fully saturated rings. The lowest BCUT2D eigenvalue weighted by Crippen LogP contribution is -1.91. The second-order valence-corrected chi connectivity index (χ2v) is 3.95. The highest BCUT2D eigenvalue weighted by Crippen LogP contribution is 2.23. The van der Waals surface area contributed by atoms with Gasteiger partial charge in [-0.05, 0) is 6.07 Å². The van der Waals surface area contributed by atoms with Gasteiger partial charge in [-0.1, -0.05) is 41.9 Å². The van der Waals surface area contributed by atoms with E-state index in [0.29, 0.717) is 11.0 Å². The molecule has 3 nitrogen and oxygen atoms in total. The van der Waals surface area contributed by atoms with Crippen LogP contribution in [0.1, 0.15) is 0 Å². The van der Waals surface area contributed by atoms with Crippen molar-refractivity contribution in [1.29, 1.82) is 0 Å². The van der Waals surface area contributed by atoms with E-state index in [2.05, 4.69) is 15.0 Å². The first-order valence-electron chi connectivity index (χ1n) is 5.17. The number of halogens is 1. The summed E-state index contributed by atoms with van der Waals surface area (Å²) in [5, 5.41) is 1.20. The van der Waals surface area contributed by atoms with Crippen LogP contribution in [0.2, 0.25) is 5.15 Å². The molecule has 0 spiro atoms. The first kappa shape index (κ1) is 10.2. The topological polar surface area (TPSA) is 38.7 Å². The number of hydrogen-bond donors (Lipinski definition) is 0. The van der Waals surface area contributed by atoms with E-state index in [0.717, 1.165) is 16.5 Å². The normalized spacial score (nSPS) is 10.6. The first-order chi connectivity index (χ1) is 8.34. The van der Waals surface area contributed by atoms with Crippen molar-refractivity contribution in [2.45, 2.75) is 0 Å². The summed E-state index contributed by atoms with van der Waals surface area (Å²) in [7, 11) is 0. The van der Waals surface area contributed by atoms with Gasteiger partial charge in [0.1, 0.15) is 5.15 Å². The van der Waals surface area contributed by atoms with Gasteiger partial charge in [-0.3, -0.25) is 4.98 Å². The Hall–Kier alpha value is -2.00. The van der Waals surface area contributed by atoms with Gasteiger partial charge in [0, 0.05) is 18.0 Å². The van der Waals surface area contributed by atoms with Gasteiger partial charge in [0.15, 0.2) is 5.82 Å². The molecule has 0 saturated carbocycles. The summed E-state index contributed by atoms with van der Waals surface area (Å²) in [4.78, 5) is 12.8. The van der Waals surface area contributed by atoms with Crippen LogP contribution in [0.5, 0.6) is 0 Å². The average molecular weight is 242 g/mol. The van der Waals surface area contributed by atoms with E-state index < -0.39 is 0 Å². The van der Waals surface area contributed by atoms with E-state index >= 15 is 0 Å². The zero-order valence-electron chi connectivity index (χ0n) is 8.84. The molecule has 4 heteroatoms. The molecule has 1 aromatic carbocycles. The first-order valence-corrected chi connectivity index (χ1v) is 5.55. The van der Waals surface area contributed by atoms with Gasteiger partial charge in [0.2, 0.25) is 0 Å². The van der Waals surface area contributed by atoms with Gasteiger partial charge in [-0.2, -0.15) is 0 Å². The smallest absolute Gasteiger partial charge is 0.161 e. The molecule has 0 unspecified atom stereocenters. The van der Waals surface area contributed by atoms with Crippen LogP contribution in [0.15, 0.2) is 48.8 Å². The summed E-state index contributed by atoms with van der Waals surface area (Å²) in [6, 6.07) is 11.6. The fraction of sp³-hybridized carbons (Fsp3) is 0. The van der Waals surface area contributed by atoms with E-state index in [9.17, 15) is 0 Å². The Morgan fingerprint density at radius 1 is 0.941 bits per heavy atom. The third kappa shape index (κ3) is 1.85. The zero-order chi connectivity index (χ0) is 11.7. The van der Waals surface area contributed by atoms with Crippen molar-refractivity contribution in [3.05, 3.63) is 53.9 Å². The van der Waals surface area contributed by atoms with Crippen molar-refractivity contribution < 1.29 is 0 Å². The molecule has 82 valence electrons. The van der Waals surface area contributed by atoms with Crippen molar-refractivity contribution in [2.75, 3.05) is 0 Å². The molecular weight excluding hydrogens is 234 g/mol. The molecule has 0 atom stereocenters. The SMILES string of the molecule is Clc1nc(-c2ccccc2)nc2ccncc12. The Balaban J connectivity index is 2.26. The molecule has 17 heavy (non-hydrogen) atoms. The largest absolute Gasteiger partial charge is 0.264 e. The fourth-order valence-corrected chi connectivity index (χ4v) is 1.88. The van der Waals surface area contributed by atoms with E-state index in [-0.39, 0.29) is 0 Å². The number of rotatable bonds is 1. The van der Waals surface area contributed by atoms with Crippen LogP contribution >= 0.6 is 11.6 Å². The molecule has 0 aliphatic heterocycles. The van der Waals surface area contributed by atoms with Gasteiger partial charge in [0.25, 0.3) is 0 Å². The number of fused-ring (bicyclic) bond motifs is 1. The van der Waals surface area contributed by atoms with E-state index in [1.807, 2.05) is 36.4 Å². The van der Waals surface area contributed by atoms with Gasteiger partial charge in [-0.15, -0.1) is 0 Å². The molecule has 0 radical (unpaired) electrons. The maximum Gasteiger partial charge on any atom is 0.161 e. The molecule has 0 bridgehead atoms. The third-order valence-corrected chi connectivity index (χ3v) is 2.77. The summed E-state index contributed by atoms with van der Waals surface area (Å²) >= 11 is 6.12. The summed E-state index contributed by atoms with van der Waals surface area (Å²) < 4.78 is 0. The zero-order valence-corrected chi connectivity index (χ0v) is 9.59. The van der Waals surface area contributed by atoms with Gasteiger partial charge in [0.05, 0.1) is 10.9 Å². The quantitative estimate of drug-likeness (QED) is 0.614. The molecular formula is C13H8ClN3. The number of benzene rings is 1. The van der Waals surface area contributed by atoms with Crippen molar-refractivity contribution >= 4 is 22.5 Å². The summed E-state index contributed by atoms with van der Waals surface area (Å²) in [6.07, 6.45) is 3.37. The predicted molar refractivity (Wildman–Crippen MR) is 67.8 cm³/mol. The summed E-state index contributed by atoms with van der Waals surface area (Å²) in [5.41, 5.74) is 1.76. The Kier molecular flexibility index (Phi) is 2.46. The van der Waals surface area contributed by atoms with Crippen LogP contribution in [0.3, 0.4) is 0 Å². The van der Waals surface area contributed by atoms with Gasteiger partial charge < -0.3 is 0 Å². The number of aromatic nitrogens is 3. The molecule has 0 amide bonds. The van der Waals surface area contributed by atoms with Crippen LogP contribution in [-0.2, 0) is 0 Å². The fourth-order valence-electron chi connectivity index (χ4n) is 1.65. The van der Waals surface area contributed by atoms with Gasteiger partial charge >= 0.3 is 0 Å².